The summed E-state index contributed by atoms with van der Waals surface area (Å²) in [5.41, 5.74) is 2.97. The highest BCUT2D eigenvalue weighted by Gasteiger charge is 2.39. The van der Waals surface area contributed by atoms with Crippen LogP contribution in [0.1, 0.15) is 24.1 Å². The molecule has 1 saturated carbocycles. The highest BCUT2D eigenvalue weighted by atomic mass is 16.3. The number of hydrogen-bond donors (Lipinski definition) is 1. The highest BCUT2D eigenvalue weighted by molar-refractivity contribution is 5.36. The van der Waals surface area contributed by atoms with Crippen molar-refractivity contribution in [1.82, 2.24) is 9.78 Å². The fraction of sp³-hybridized carbons (Fsp3) is 0.357. The molecule has 0 aliphatic heterocycles. The van der Waals surface area contributed by atoms with E-state index in [-0.39, 0.29) is 0 Å². The van der Waals surface area contributed by atoms with Crippen molar-refractivity contribution in [3.05, 3.63) is 47.8 Å². The zero-order valence-corrected chi connectivity index (χ0v) is 9.93. The summed E-state index contributed by atoms with van der Waals surface area (Å²) in [4.78, 5) is 0. The molecule has 0 radical (unpaired) electrons. The van der Waals surface area contributed by atoms with Gasteiger partial charge in [-0.05, 0) is 43.5 Å². The molecule has 0 spiro atoms. The summed E-state index contributed by atoms with van der Waals surface area (Å²) in [7, 11) is 0. The molecule has 1 N–H and O–H groups in total. The van der Waals surface area contributed by atoms with Gasteiger partial charge in [-0.15, -0.1) is 0 Å². The summed E-state index contributed by atoms with van der Waals surface area (Å²) in [6.45, 7) is 2.04. The van der Waals surface area contributed by atoms with E-state index in [1.807, 2.05) is 17.7 Å². The Bertz CT molecular complexity index is 523. The van der Waals surface area contributed by atoms with Gasteiger partial charge in [0, 0.05) is 18.3 Å². The van der Waals surface area contributed by atoms with Gasteiger partial charge in [-0.1, -0.05) is 12.1 Å². The first-order valence-electron chi connectivity index (χ1n) is 5.99. The van der Waals surface area contributed by atoms with Crippen LogP contribution in [0.5, 0.6) is 0 Å². The molecule has 17 heavy (non-hydrogen) atoms. The Hall–Kier alpha value is -1.61. The second kappa shape index (κ2) is 3.70. The van der Waals surface area contributed by atoms with Gasteiger partial charge in [0.25, 0.3) is 0 Å². The van der Waals surface area contributed by atoms with Gasteiger partial charge >= 0.3 is 0 Å². The number of hydrogen-bond acceptors (Lipinski definition) is 2. The molecule has 3 rings (SSSR count). The van der Waals surface area contributed by atoms with Crippen molar-refractivity contribution in [1.29, 1.82) is 0 Å². The Morgan fingerprint density at radius 3 is 2.47 bits per heavy atom. The van der Waals surface area contributed by atoms with Crippen molar-refractivity contribution in [3.63, 3.8) is 0 Å². The van der Waals surface area contributed by atoms with E-state index in [0.717, 1.165) is 30.6 Å². The lowest BCUT2D eigenvalue weighted by Crippen LogP contribution is -2.10. The normalized spacial score (nSPS) is 17.1. The molecule has 3 nitrogen and oxygen atoms in total. The summed E-state index contributed by atoms with van der Waals surface area (Å²) < 4.78 is 1.91. The standard InChI is InChI=1S/C14H16N2O/c1-11-6-9-15-16(11)13-4-2-12(3-5-13)10-14(17)7-8-14/h2-6,9,17H,7-8,10H2,1H3. The lowest BCUT2D eigenvalue weighted by Gasteiger charge is -2.09. The van der Waals surface area contributed by atoms with Crippen LogP contribution >= 0.6 is 0 Å². The van der Waals surface area contributed by atoms with Crippen LogP contribution in [0.4, 0.5) is 0 Å². The van der Waals surface area contributed by atoms with E-state index in [4.69, 9.17) is 0 Å². The largest absolute Gasteiger partial charge is 0.390 e. The molecule has 88 valence electrons. The minimum atomic E-state index is -0.414. The smallest absolute Gasteiger partial charge is 0.0690 e. The van der Waals surface area contributed by atoms with E-state index < -0.39 is 5.60 Å². The Balaban J connectivity index is 1.83. The summed E-state index contributed by atoms with van der Waals surface area (Å²) in [6, 6.07) is 10.3. The van der Waals surface area contributed by atoms with Gasteiger partial charge in [-0.3, -0.25) is 0 Å². The molecule has 1 aromatic heterocycles. The predicted molar refractivity (Wildman–Crippen MR) is 66.2 cm³/mol. The SMILES string of the molecule is Cc1ccnn1-c1ccc(CC2(O)CC2)cc1. The zero-order valence-electron chi connectivity index (χ0n) is 9.93. The van der Waals surface area contributed by atoms with Crippen molar-refractivity contribution in [2.24, 2.45) is 0 Å². The second-order valence-corrected chi connectivity index (χ2v) is 4.95. The van der Waals surface area contributed by atoms with Crippen LogP contribution in [0.25, 0.3) is 5.69 Å². The van der Waals surface area contributed by atoms with E-state index >= 15 is 0 Å². The third-order valence-corrected chi connectivity index (χ3v) is 3.37. The van der Waals surface area contributed by atoms with E-state index in [2.05, 4.69) is 29.4 Å². The van der Waals surface area contributed by atoms with Crippen molar-refractivity contribution < 1.29 is 5.11 Å². The number of aliphatic hydroxyl groups is 1. The lowest BCUT2D eigenvalue weighted by atomic mass is 10.1. The molecule has 2 aromatic rings. The molecule has 0 saturated heterocycles. The average Bonchev–Trinajstić information content (AvgIpc) is 2.87. The number of aryl methyl sites for hydroxylation is 1. The number of rotatable bonds is 3. The van der Waals surface area contributed by atoms with Crippen molar-refractivity contribution in [3.8, 4) is 5.69 Å². The van der Waals surface area contributed by atoms with Crippen molar-refractivity contribution in [2.75, 3.05) is 0 Å². The third-order valence-electron chi connectivity index (χ3n) is 3.37. The van der Waals surface area contributed by atoms with Gasteiger partial charge in [0.1, 0.15) is 0 Å². The maximum Gasteiger partial charge on any atom is 0.0690 e. The molecule has 1 fully saturated rings. The van der Waals surface area contributed by atoms with Crippen LogP contribution in [0, 0.1) is 6.92 Å². The summed E-state index contributed by atoms with van der Waals surface area (Å²) in [5, 5.41) is 14.1. The first-order chi connectivity index (χ1) is 8.16. The molecular weight excluding hydrogens is 212 g/mol. The summed E-state index contributed by atoms with van der Waals surface area (Å²) >= 11 is 0. The van der Waals surface area contributed by atoms with Crippen LogP contribution in [-0.4, -0.2) is 20.5 Å². The van der Waals surface area contributed by atoms with Crippen molar-refractivity contribution >= 4 is 0 Å². The van der Waals surface area contributed by atoms with Crippen LogP contribution in [-0.2, 0) is 6.42 Å². The summed E-state index contributed by atoms with van der Waals surface area (Å²) in [5.74, 6) is 0. The molecule has 1 aromatic carbocycles. The van der Waals surface area contributed by atoms with Crippen molar-refractivity contribution in [2.45, 2.75) is 31.8 Å². The van der Waals surface area contributed by atoms with Crippen LogP contribution in [0.3, 0.4) is 0 Å². The molecule has 0 bridgehead atoms. The third kappa shape index (κ3) is 2.11. The van der Waals surface area contributed by atoms with E-state index in [9.17, 15) is 5.11 Å². The van der Waals surface area contributed by atoms with E-state index in [1.54, 1.807) is 6.20 Å². The molecule has 1 aliphatic rings. The molecule has 0 amide bonds. The van der Waals surface area contributed by atoms with E-state index in [1.165, 1.54) is 5.56 Å². The number of aromatic nitrogens is 2. The van der Waals surface area contributed by atoms with Gasteiger partial charge in [0.15, 0.2) is 0 Å². The minimum Gasteiger partial charge on any atom is -0.390 e. The second-order valence-electron chi connectivity index (χ2n) is 4.95. The Labute approximate surface area is 101 Å². The maximum absolute atomic E-state index is 9.86. The monoisotopic (exact) mass is 228 g/mol. The quantitative estimate of drug-likeness (QED) is 0.875. The maximum atomic E-state index is 9.86. The Kier molecular flexibility index (Phi) is 2.30. The summed E-state index contributed by atoms with van der Waals surface area (Å²) in [6.07, 6.45) is 4.45. The van der Waals surface area contributed by atoms with Gasteiger partial charge in [0.2, 0.25) is 0 Å². The van der Waals surface area contributed by atoms with Gasteiger partial charge < -0.3 is 5.11 Å². The highest BCUT2D eigenvalue weighted by Crippen LogP contribution is 2.38. The predicted octanol–water partition coefficient (Wildman–Crippen LogP) is 2.25. The van der Waals surface area contributed by atoms with Crippen LogP contribution in [0.15, 0.2) is 36.5 Å². The first-order valence-corrected chi connectivity index (χ1v) is 5.99. The average molecular weight is 228 g/mol. The first kappa shape index (κ1) is 10.5. The Morgan fingerprint density at radius 2 is 1.94 bits per heavy atom. The lowest BCUT2D eigenvalue weighted by molar-refractivity contribution is 0.151. The Morgan fingerprint density at radius 1 is 1.24 bits per heavy atom. The molecule has 1 heterocycles. The van der Waals surface area contributed by atoms with Crippen LogP contribution in [0.2, 0.25) is 0 Å². The molecule has 1 aliphatic carbocycles. The fourth-order valence-electron chi connectivity index (χ4n) is 2.10. The molecule has 3 heteroatoms. The molecule has 0 unspecified atom stereocenters. The minimum absolute atomic E-state index is 0.414. The fourth-order valence-corrected chi connectivity index (χ4v) is 2.10. The topological polar surface area (TPSA) is 38.0 Å². The molecular formula is C14H16N2O. The van der Waals surface area contributed by atoms with E-state index in [0.29, 0.717) is 0 Å². The number of nitrogens with zero attached hydrogens (tertiary/aromatic N) is 2. The number of benzene rings is 1. The van der Waals surface area contributed by atoms with Gasteiger partial charge in [0.05, 0.1) is 11.3 Å². The van der Waals surface area contributed by atoms with Gasteiger partial charge in [-0.2, -0.15) is 5.10 Å². The van der Waals surface area contributed by atoms with Crippen LogP contribution < -0.4 is 0 Å². The molecule has 0 atom stereocenters. The zero-order chi connectivity index (χ0) is 11.9. The van der Waals surface area contributed by atoms with Gasteiger partial charge in [-0.25, -0.2) is 4.68 Å².